The minimum atomic E-state index is -0.309. The van der Waals surface area contributed by atoms with Crippen LogP contribution in [0.3, 0.4) is 0 Å². The zero-order valence-corrected chi connectivity index (χ0v) is 8.78. The lowest BCUT2D eigenvalue weighted by Crippen LogP contribution is -2.52. The summed E-state index contributed by atoms with van der Waals surface area (Å²) in [6.07, 6.45) is 2.83. The van der Waals surface area contributed by atoms with Crippen LogP contribution >= 0.6 is 0 Å². The second-order valence-electron chi connectivity index (χ2n) is 4.37. The monoisotopic (exact) mass is 194 g/mol. The van der Waals surface area contributed by atoms with Crippen molar-refractivity contribution in [2.75, 3.05) is 0 Å². The van der Waals surface area contributed by atoms with Crippen LogP contribution < -0.4 is 5.59 Å². The quantitative estimate of drug-likeness (QED) is 0.669. The Morgan fingerprint density at radius 1 is 1.64 bits per heavy atom. The number of nitrogens with one attached hydrogen (secondary N) is 1. The number of aromatic nitrogens is 2. The van der Waals surface area contributed by atoms with Crippen molar-refractivity contribution in [1.29, 1.82) is 0 Å². The Hall–Kier alpha value is -0.805. The molecule has 0 aliphatic carbocycles. The Morgan fingerprint density at radius 2 is 2.43 bits per heavy atom. The number of rotatable bonds is 1. The minimum Gasteiger partial charge on any atom is -0.404 e. The molecule has 1 fully saturated rings. The molecule has 0 aromatic carbocycles. The molecule has 1 saturated heterocycles. The van der Waals surface area contributed by atoms with Crippen molar-refractivity contribution in [1.82, 2.24) is 10.2 Å². The molecule has 1 aromatic rings. The first kappa shape index (κ1) is 9.74. The zero-order chi connectivity index (χ0) is 10.2. The van der Waals surface area contributed by atoms with Crippen molar-refractivity contribution >= 4 is 12.7 Å². The van der Waals surface area contributed by atoms with Gasteiger partial charge in [0, 0.05) is 12.3 Å². The molecular weight excluding hydrogens is 179 g/mol. The third-order valence-corrected chi connectivity index (χ3v) is 2.34. The fourth-order valence-corrected chi connectivity index (χ4v) is 1.85. The number of nitrogens with zero attached hydrogens (tertiary/aromatic N) is 1. The molecule has 1 N–H and O–H groups in total. The van der Waals surface area contributed by atoms with Gasteiger partial charge in [0.2, 0.25) is 0 Å². The maximum Gasteiger partial charge on any atom is 0.513 e. The average Bonchev–Trinajstić information content (AvgIpc) is 2.51. The molecule has 1 aliphatic heterocycles. The van der Waals surface area contributed by atoms with Crippen LogP contribution in [0.25, 0.3) is 0 Å². The normalized spacial score (nSPS) is 26.5. The molecular formula is C9H15BN2O2. The zero-order valence-electron chi connectivity index (χ0n) is 8.78. The Bertz CT molecular complexity index is 300. The molecule has 5 heteroatoms. The van der Waals surface area contributed by atoms with E-state index in [4.69, 9.17) is 9.31 Å². The summed E-state index contributed by atoms with van der Waals surface area (Å²) in [5, 5.41) is 6.75. The number of hydrogen-bond donors (Lipinski definition) is 1. The van der Waals surface area contributed by atoms with Gasteiger partial charge in [-0.2, -0.15) is 5.10 Å². The summed E-state index contributed by atoms with van der Waals surface area (Å²) in [6.45, 7) is 6.22. The van der Waals surface area contributed by atoms with Gasteiger partial charge in [-0.15, -0.1) is 0 Å². The van der Waals surface area contributed by atoms with E-state index in [0.717, 1.165) is 12.0 Å². The molecule has 1 atom stereocenters. The molecule has 0 radical (unpaired) electrons. The molecule has 14 heavy (non-hydrogen) atoms. The molecule has 0 amide bonds. The second-order valence-corrected chi connectivity index (χ2v) is 4.37. The van der Waals surface area contributed by atoms with E-state index in [1.54, 1.807) is 6.20 Å². The van der Waals surface area contributed by atoms with E-state index < -0.39 is 0 Å². The fourth-order valence-electron chi connectivity index (χ4n) is 1.85. The third kappa shape index (κ3) is 1.99. The van der Waals surface area contributed by atoms with E-state index in [1.807, 2.05) is 6.07 Å². The maximum atomic E-state index is 5.80. The van der Waals surface area contributed by atoms with E-state index in [1.165, 1.54) is 0 Å². The lowest BCUT2D eigenvalue weighted by Gasteiger charge is -2.37. The van der Waals surface area contributed by atoms with E-state index in [9.17, 15) is 0 Å². The molecule has 0 bridgehead atoms. The largest absolute Gasteiger partial charge is 0.513 e. The van der Waals surface area contributed by atoms with Gasteiger partial charge in [0.25, 0.3) is 0 Å². The maximum absolute atomic E-state index is 5.80. The van der Waals surface area contributed by atoms with E-state index in [2.05, 4.69) is 31.0 Å². The number of hydrogen-bond acceptors (Lipinski definition) is 3. The Morgan fingerprint density at radius 3 is 3.00 bits per heavy atom. The fraction of sp³-hybridized carbons (Fsp3) is 0.667. The number of aromatic amines is 1. The van der Waals surface area contributed by atoms with E-state index >= 15 is 0 Å². The van der Waals surface area contributed by atoms with Gasteiger partial charge in [0.15, 0.2) is 0 Å². The first-order chi connectivity index (χ1) is 6.57. The Balaban J connectivity index is 2.14. The van der Waals surface area contributed by atoms with Crippen LogP contribution in [0.4, 0.5) is 0 Å². The summed E-state index contributed by atoms with van der Waals surface area (Å²) in [5.41, 5.74) is 0.748. The topological polar surface area (TPSA) is 47.1 Å². The summed E-state index contributed by atoms with van der Waals surface area (Å²) in [7, 11) is -0.309. The Kier molecular flexibility index (Phi) is 2.37. The van der Waals surface area contributed by atoms with E-state index in [-0.39, 0.29) is 18.8 Å². The van der Waals surface area contributed by atoms with Crippen LogP contribution in [0, 0.1) is 0 Å². The van der Waals surface area contributed by atoms with Gasteiger partial charge in [0.05, 0.1) is 11.2 Å². The smallest absolute Gasteiger partial charge is 0.404 e. The average molecular weight is 194 g/mol. The minimum absolute atomic E-state index is 0.132. The molecule has 0 saturated carbocycles. The highest BCUT2D eigenvalue weighted by Gasteiger charge is 2.38. The highest BCUT2D eigenvalue weighted by molar-refractivity contribution is 6.60. The molecule has 1 aromatic heterocycles. The number of H-pyrrole nitrogens is 1. The van der Waals surface area contributed by atoms with Crippen LogP contribution in [0.15, 0.2) is 12.3 Å². The van der Waals surface area contributed by atoms with Gasteiger partial charge in [-0.05, 0) is 33.3 Å². The summed E-state index contributed by atoms with van der Waals surface area (Å²) >= 11 is 0. The van der Waals surface area contributed by atoms with Crippen molar-refractivity contribution in [2.45, 2.75) is 38.9 Å². The van der Waals surface area contributed by atoms with Gasteiger partial charge >= 0.3 is 7.12 Å². The van der Waals surface area contributed by atoms with Crippen molar-refractivity contribution in [3.05, 3.63) is 12.3 Å². The summed E-state index contributed by atoms with van der Waals surface area (Å²) in [5.74, 6) is 0. The van der Waals surface area contributed by atoms with Gasteiger partial charge in [0.1, 0.15) is 0 Å². The lowest BCUT2D eigenvalue weighted by atomic mass is 9.79. The van der Waals surface area contributed by atoms with Gasteiger partial charge in [-0.1, -0.05) is 0 Å². The predicted octanol–water partition coefficient (Wildman–Crippen LogP) is 0.709. The van der Waals surface area contributed by atoms with Gasteiger partial charge in [-0.3, -0.25) is 5.10 Å². The second kappa shape index (κ2) is 3.40. The molecule has 2 heterocycles. The first-order valence-electron chi connectivity index (χ1n) is 4.89. The standard InChI is InChI=1S/C9H15BN2O2/c1-7-6-9(2,3)14-10(13-7)8-4-5-11-12-8/h4-5,7H,6H2,1-3H3,(H,11,12)/t7-/m0/s1. The van der Waals surface area contributed by atoms with Gasteiger partial charge in [-0.25, -0.2) is 0 Å². The lowest BCUT2D eigenvalue weighted by molar-refractivity contribution is -0.0233. The molecule has 4 nitrogen and oxygen atoms in total. The summed E-state index contributed by atoms with van der Waals surface area (Å²) in [6, 6.07) is 1.87. The molecule has 0 unspecified atom stereocenters. The highest BCUT2D eigenvalue weighted by atomic mass is 16.6. The molecule has 0 spiro atoms. The SMILES string of the molecule is C[C@H]1CC(C)(C)OB(c2ccn[nH]2)O1. The molecule has 76 valence electrons. The predicted molar refractivity (Wildman–Crippen MR) is 54.3 cm³/mol. The Labute approximate surface area is 84.1 Å². The highest BCUT2D eigenvalue weighted by Crippen LogP contribution is 2.25. The third-order valence-electron chi connectivity index (χ3n) is 2.34. The van der Waals surface area contributed by atoms with Crippen molar-refractivity contribution in [2.24, 2.45) is 0 Å². The van der Waals surface area contributed by atoms with Crippen molar-refractivity contribution in [3.8, 4) is 0 Å². The van der Waals surface area contributed by atoms with Gasteiger partial charge < -0.3 is 9.31 Å². The van der Waals surface area contributed by atoms with Crippen LogP contribution in [0.2, 0.25) is 0 Å². The first-order valence-corrected chi connectivity index (χ1v) is 4.89. The van der Waals surface area contributed by atoms with Crippen LogP contribution in [0.1, 0.15) is 27.2 Å². The van der Waals surface area contributed by atoms with Crippen LogP contribution in [-0.4, -0.2) is 29.0 Å². The van der Waals surface area contributed by atoms with Crippen LogP contribution in [0.5, 0.6) is 0 Å². The molecule has 1 aliphatic rings. The van der Waals surface area contributed by atoms with Crippen molar-refractivity contribution in [3.63, 3.8) is 0 Å². The summed E-state index contributed by atoms with van der Waals surface area (Å²) < 4.78 is 11.5. The van der Waals surface area contributed by atoms with E-state index in [0.29, 0.717) is 0 Å². The summed E-state index contributed by atoms with van der Waals surface area (Å²) in [4.78, 5) is 0. The van der Waals surface area contributed by atoms with Crippen molar-refractivity contribution < 1.29 is 9.31 Å². The molecule has 2 rings (SSSR count). The van der Waals surface area contributed by atoms with Crippen LogP contribution in [-0.2, 0) is 9.31 Å².